The summed E-state index contributed by atoms with van der Waals surface area (Å²) in [7, 11) is 0. The number of hydrogen-bond donors (Lipinski definition) is 1. The molecule has 2 rings (SSSR count). The van der Waals surface area contributed by atoms with Gasteiger partial charge in [-0.1, -0.05) is 0 Å². The van der Waals surface area contributed by atoms with E-state index >= 15 is 0 Å². The van der Waals surface area contributed by atoms with Crippen LogP contribution >= 0.6 is 0 Å². The Bertz CT molecular complexity index is 342. The summed E-state index contributed by atoms with van der Waals surface area (Å²) in [5, 5.41) is 12.7. The molecule has 1 saturated heterocycles. The molecule has 0 saturated carbocycles. The summed E-state index contributed by atoms with van der Waals surface area (Å²) >= 11 is 0. The molecule has 0 spiro atoms. The van der Waals surface area contributed by atoms with Crippen LogP contribution in [0.2, 0.25) is 0 Å². The summed E-state index contributed by atoms with van der Waals surface area (Å²) in [6.07, 6.45) is 5.53. The number of nitrogens with zero attached hydrogens (tertiary/aromatic N) is 3. The lowest BCUT2D eigenvalue weighted by molar-refractivity contribution is 0.0696. The molecule has 0 aromatic carbocycles. The highest BCUT2D eigenvalue weighted by molar-refractivity contribution is 5.86. The largest absolute Gasteiger partial charge is 0.478 e. The first-order chi connectivity index (χ1) is 7.25. The van der Waals surface area contributed by atoms with Crippen molar-refractivity contribution in [3.8, 4) is 0 Å². The van der Waals surface area contributed by atoms with Crippen LogP contribution in [0.4, 0.5) is 0 Å². The monoisotopic (exact) mass is 209 g/mol. The molecule has 1 aliphatic heterocycles. The molecule has 0 unspecified atom stereocenters. The van der Waals surface area contributed by atoms with Gasteiger partial charge in [0, 0.05) is 12.7 Å². The van der Waals surface area contributed by atoms with Crippen LogP contribution in [0.25, 0.3) is 0 Å². The fourth-order valence-corrected chi connectivity index (χ4v) is 1.85. The maximum Gasteiger partial charge on any atom is 0.338 e. The maximum atomic E-state index is 10.6. The molecule has 0 radical (unpaired) electrons. The van der Waals surface area contributed by atoms with Crippen LogP contribution in [0.1, 0.15) is 23.2 Å². The molecule has 1 aliphatic rings. The Morgan fingerprint density at radius 3 is 2.73 bits per heavy atom. The Kier molecular flexibility index (Phi) is 3.01. The van der Waals surface area contributed by atoms with E-state index in [1.165, 1.54) is 19.0 Å². The van der Waals surface area contributed by atoms with Crippen LogP contribution in [0.3, 0.4) is 0 Å². The first-order valence-corrected chi connectivity index (χ1v) is 5.24. The minimum atomic E-state index is -0.914. The van der Waals surface area contributed by atoms with Gasteiger partial charge in [0.25, 0.3) is 0 Å². The third-order valence-electron chi connectivity index (χ3n) is 2.72. The molecule has 1 N–H and O–H groups in total. The fourth-order valence-electron chi connectivity index (χ4n) is 1.85. The van der Waals surface area contributed by atoms with E-state index < -0.39 is 5.97 Å². The Hall–Kier alpha value is -1.36. The predicted molar refractivity (Wildman–Crippen MR) is 54.9 cm³/mol. The molecule has 2 heterocycles. The summed E-state index contributed by atoms with van der Waals surface area (Å²) in [5.74, 6) is -0.914. The van der Waals surface area contributed by atoms with Crippen molar-refractivity contribution in [3.05, 3.63) is 18.0 Å². The van der Waals surface area contributed by atoms with Crippen molar-refractivity contribution in [2.75, 3.05) is 19.6 Å². The lowest BCUT2D eigenvalue weighted by Gasteiger charge is -2.13. The van der Waals surface area contributed by atoms with Crippen LogP contribution in [0.15, 0.2) is 12.4 Å². The molecule has 1 aromatic heterocycles. The predicted octanol–water partition coefficient (Wildman–Crippen LogP) is 0.677. The lowest BCUT2D eigenvalue weighted by Crippen LogP contribution is -2.24. The van der Waals surface area contributed by atoms with E-state index in [1.807, 2.05) is 0 Å². The molecule has 1 aromatic rings. The van der Waals surface area contributed by atoms with Crippen molar-refractivity contribution in [2.24, 2.45) is 0 Å². The van der Waals surface area contributed by atoms with Gasteiger partial charge in [-0.3, -0.25) is 4.68 Å². The molecule has 15 heavy (non-hydrogen) atoms. The number of aromatic nitrogens is 2. The first-order valence-electron chi connectivity index (χ1n) is 5.24. The van der Waals surface area contributed by atoms with E-state index in [-0.39, 0.29) is 5.56 Å². The average Bonchev–Trinajstić information content (AvgIpc) is 2.86. The highest BCUT2D eigenvalue weighted by atomic mass is 16.4. The van der Waals surface area contributed by atoms with Crippen LogP contribution in [0, 0.1) is 0 Å². The molecule has 0 bridgehead atoms. The van der Waals surface area contributed by atoms with E-state index in [0.29, 0.717) is 0 Å². The van der Waals surface area contributed by atoms with Gasteiger partial charge in [-0.25, -0.2) is 4.79 Å². The molecule has 5 nitrogen and oxygen atoms in total. The number of carboxylic acid groups (broad SMARTS) is 1. The molecule has 0 aliphatic carbocycles. The van der Waals surface area contributed by atoms with Gasteiger partial charge in [0.15, 0.2) is 0 Å². The summed E-state index contributed by atoms with van der Waals surface area (Å²) in [4.78, 5) is 13.0. The van der Waals surface area contributed by atoms with E-state index in [2.05, 4.69) is 10.00 Å². The third-order valence-corrected chi connectivity index (χ3v) is 2.72. The first kappa shape index (κ1) is 10.2. The summed E-state index contributed by atoms with van der Waals surface area (Å²) < 4.78 is 1.70. The second-order valence-electron chi connectivity index (χ2n) is 3.85. The summed E-state index contributed by atoms with van der Waals surface area (Å²) in [6, 6.07) is 0. The van der Waals surface area contributed by atoms with E-state index in [0.717, 1.165) is 26.2 Å². The Labute approximate surface area is 88.3 Å². The minimum Gasteiger partial charge on any atom is -0.478 e. The molecule has 5 heteroatoms. The van der Waals surface area contributed by atoms with Crippen molar-refractivity contribution in [2.45, 2.75) is 19.4 Å². The van der Waals surface area contributed by atoms with Gasteiger partial charge in [-0.05, 0) is 25.9 Å². The van der Waals surface area contributed by atoms with Crippen molar-refractivity contribution in [1.29, 1.82) is 0 Å². The molecule has 0 amide bonds. The van der Waals surface area contributed by atoms with E-state index in [1.54, 1.807) is 10.9 Å². The van der Waals surface area contributed by atoms with Crippen molar-refractivity contribution >= 4 is 5.97 Å². The highest BCUT2D eigenvalue weighted by Gasteiger charge is 2.11. The van der Waals surface area contributed by atoms with Gasteiger partial charge < -0.3 is 10.0 Å². The molecular formula is C10H15N3O2. The number of aromatic carboxylic acids is 1. The smallest absolute Gasteiger partial charge is 0.338 e. The third kappa shape index (κ3) is 2.56. The quantitative estimate of drug-likeness (QED) is 0.792. The number of rotatable bonds is 4. The number of hydrogen-bond acceptors (Lipinski definition) is 3. The van der Waals surface area contributed by atoms with E-state index in [4.69, 9.17) is 5.11 Å². The van der Waals surface area contributed by atoms with Crippen molar-refractivity contribution < 1.29 is 9.90 Å². The standard InChI is InChI=1S/C10H15N3O2/c14-10(15)9-7-11-13(8-9)6-5-12-3-1-2-4-12/h7-8H,1-6H2,(H,14,15). The normalized spacial score (nSPS) is 17.1. The number of likely N-dealkylation sites (tertiary alicyclic amines) is 1. The maximum absolute atomic E-state index is 10.6. The zero-order valence-corrected chi connectivity index (χ0v) is 8.59. The minimum absolute atomic E-state index is 0.261. The molecule has 0 atom stereocenters. The molecular weight excluding hydrogens is 194 g/mol. The Morgan fingerprint density at radius 2 is 2.13 bits per heavy atom. The van der Waals surface area contributed by atoms with Gasteiger partial charge in [0.05, 0.1) is 18.3 Å². The zero-order chi connectivity index (χ0) is 10.7. The summed E-state index contributed by atoms with van der Waals surface area (Å²) in [6.45, 7) is 4.05. The number of carbonyl (C=O) groups is 1. The van der Waals surface area contributed by atoms with Gasteiger partial charge >= 0.3 is 5.97 Å². The van der Waals surface area contributed by atoms with Gasteiger partial charge in [0.2, 0.25) is 0 Å². The van der Waals surface area contributed by atoms with Crippen LogP contribution in [-0.4, -0.2) is 45.4 Å². The Balaban J connectivity index is 1.84. The van der Waals surface area contributed by atoms with Crippen molar-refractivity contribution in [1.82, 2.24) is 14.7 Å². The SMILES string of the molecule is O=C(O)c1cnn(CCN2CCCC2)c1. The number of carboxylic acids is 1. The van der Waals surface area contributed by atoms with Crippen LogP contribution in [-0.2, 0) is 6.54 Å². The molecule has 1 fully saturated rings. The van der Waals surface area contributed by atoms with Crippen molar-refractivity contribution in [3.63, 3.8) is 0 Å². The summed E-state index contributed by atoms with van der Waals surface area (Å²) in [5.41, 5.74) is 0.261. The topological polar surface area (TPSA) is 58.4 Å². The second-order valence-corrected chi connectivity index (χ2v) is 3.85. The van der Waals surface area contributed by atoms with Gasteiger partial charge in [-0.2, -0.15) is 5.10 Å². The zero-order valence-electron chi connectivity index (χ0n) is 8.59. The van der Waals surface area contributed by atoms with Crippen LogP contribution < -0.4 is 0 Å². The van der Waals surface area contributed by atoms with Gasteiger partial charge in [0.1, 0.15) is 0 Å². The Morgan fingerprint density at radius 1 is 1.40 bits per heavy atom. The second kappa shape index (κ2) is 4.44. The highest BCUT2D eigenvalue weighted by Crippen LogP contribution is 2.07. The van der Waals surface area contributed by atoms with Crippen LogP contribution in [0.5, 0.6) is 0 Å². The fraction of sp³-hybridized carbons (Fsp3) is 0.600. The van der Waals surface area contributed by atoms with Gasteiger partial charge in [-0.15, -0.1) is 0 Å². The van der Waals surface area contributed by atoms with E-state index in [9.17, 15) is 4.79 Å². The molecule has 82 valence electrons. The lowest BCUT2D eigenvalue weighted by atomic mass is 10.4. The average molecular weight is 209 g/mol.